The highest BCUT2D eigenvalue weighted by molar-refractivity contribution is 5.90. The molecule has 2 aliphatic heterocycles. The first-order valence-electron chi connectivity index (χ1n) is 12.4. The van der Waals surface area contributed by atoms with Gasteiger partial charge in [0, 0.05) is 19.2 Å². The zero-order valence-electron chi connectivity index (χ0n) is 20.4. The molecule has 0 aliphatic carbocycles. The molecule has 1 aromatic carbocycles. The van der Waals surface area contributed by atoms with Crippen molar-refractivity contribution in [3.63, 3.8) is 0 Å². The van der Waals surface area contributed by atoms with Gasteiger partial charge < -0.3 is 15.4 Å². The summed E-state index contributed by atoms with van der Waals surface area (Å²) in [5.74, 6) is -0.0680. The molecular formula is C26H40FN3O3. The fourth-order valence-corrected chi connectivity index (χ4v) is 4.95. The molecule has 184 valence electrons. The van der Waals surface area contributed by atoms with Gasteiger partial charge in [-0.25, -0.2) is 4.39 Å². The lowest BCUT2D eigenvalue weighted by Gasteiger charge is -2.41. The largest absolute Gasteiger partial charge is 0.379 e. The maximum atomic E-state index is 13.6. The van der Waals surface area contributed by atoms with Crippen LogP contribution in [0.15, 0.2) is 24.3 Å². The third kappa shape index (κ3) is 7.51. The van der Waals surface area contributed by atoms with Gasteiger partial charge in [0.15, 0.2) is 0 Å². The molecule has 2 N–H and O–H groups in total. The van der Waals surface area contributed by atoms with Crippen LogP contribution in [0.3, 0.4) is 0 Å². The molecule has 2 amide bonds. The molecule has 1 spiro atoms. The lowest BCUT2D eigenvalue weighted by atomic mass is 9.73. The van der Waals surface area contributed by atoms with Crippen molar-refractivity contribution in [1.82, 2.24) is 15.5 Å². The summed E-state index contributed by atoms with van der Waals surface area (Å²) in [6, 6.07) is 6.08. The number of ether oxygens (including phenoxy) is 1. The van der Waals surface area contributed by atoms with Crippen molar-refractivity contribution >= 4 is 11.8 Å². The number of piperidine rings is 1. The average molecular weight is 462 g/mol. The van der Waals surface area contributed by atoms with Crippen molar-refractivity contribution in [2.24, 2.45) is 11.3 Å². The van der Waals surface area contributed by atoms with Crippen molar-refractivity contribution in [1.29, 1.82) is 0 Å². The van der Waals surface area contributed by atoms with Crippen LogP contribution in [0.25, 0.3) is 0 Å². The first kappa shape index (κ1) is 25.6. The van der Waals surface area contributed by atoms with E-state index in [0.29, 0.717) is 26.2 Å². The van der Waals surface area contributed by atoms with Gasteiger partial charge in [-0.05, 0) is 75.7 Å². The molecule has 0 aromatic heterocycles. The summed E-state index contributed by atoms with van der Waals surface area (Å²) in [5, 5.41) is 6.14. The minimum Gasteiger partial charge on any atom is -0.379 e. The highest BCUT2D eigenvalue weighted by Gasteiger charge is 2.42. The Morgan fingerprint density at radius 2 is 1.91 bits per heavy atom. The van der Waals surface area contributed by atoms with E-state index in [1.165, 1.54) is 6.07 Å². The van der Waals surface area contributed by atoms with E-state index < -0.39 is 11.5 Å². The monoisotopic (exact) mass is 461 g/mol. The van der Waals surface area contributed by atoms with Gasteiger partial charge >= 0.3 is 0 Å². The number of carbonyl (C=O) groups is 2. The van der Waals surface area contributed by atoms with E-state index in [1.807, 2.05) is 13.0 Å². The predicted molar refractivity (Wildman–Crippen MR) is 127 cm³/mol. The van der Waals surface area contributed by atoms with Gasteiger partial charge in [-0.1, -0.05) is 32.4 Å². The Kier molecular flexibility index (Phi) is 9.27. The second kappa shape index (κ2) is 11.9. The topological polar surface area (TPSA) is 70.7 Å². The highest BCUT2D eigenvalue weighted by Crippen LogP contribution is 2.38. The standard InChI is InChI=1S/C26H40FN3O3/c1-19(2)15-23-24(31)28-20(3)18-33-14-5-4-9-26(25(32)29-23)10-12-30(13-11-26)17-21-7-6-8-22(27)16-21/h6-8,16,19-20,23H,4-5,9-15,17-18H2,1-3H3,(H,28,31)(H,29,32)/t20-,23+/m1/s1. The van der Waals surface area contributed by atoms with Crippen LogP contribution in [0.1, 0.15) is 64.9 Å². The van der Waals surface area contributed by atoms with E-state index in [0.717, 1.165) is 50.8 Å². The van der Waals surface area contributed by atoms with Crippen molar-refractivity contribution in [3.8, 4) is 0 Å². The number of amides is 2. The van der Waals surface area contributed by atoms with E-state index in [2.05, 4.69) is 29.4 Å². The smallest absolute Gasteiger partial charge is 0.242 e. The van der Waals surface area contributed by atoms with Crippen LogP contribution in [-0.4, -0.2) is 55.1 Å². The lowest BCUT2D eigenvalue weighted by Crippen LogP contribution is -2.55. The molecule has 0 bridgehead atoms. The Morgan fingerprint density at radius 3 is 2.61 bits per heavy atom. The number of carbonyl (C=O) groups excluding carboxylic acids is 2. The molecule has 2 fully saturated rings. The molecular weight excluding hydrogens is 421 g/mol. The van der Waals surface area contributed by atoms with Crippen LogP contribution < -0.4 is 10.6 Å². The van der Waals surface area contributed by atoms with E-state index in [1.54, 1.807) is 12.1 Å². The first-order valence-corrected chi connectivity index (χ1v) is 12.4. The van der Waals surface area contributed by atoms with Crippen LogP contribution in [0.5, 0.6) is 0 Å². The average Bonchev–Trinajstić information content (AvgIpc) is 2.76. The molecule has 0 radical (unpaired) electrons. The fourth-order valence-electron chi connectivity index (χ4n) is 4.95. The number of rotatable bonds is 4. The van der Waals surface area contributed by atoms with Crippen molar-refractivity contribution in [2.75, 3.05) is 26.3 Å². The van der Waals surface area contributed by atoms with Gasteiger partial charge in [0.25, 0.3) is 0 Å². The number of nitrogens with zero attached hydrogens (tertiary/aromatic N) is 1. The van der Waals surface area contributed by atoms with Crippen molar-refractivity contribution in [3.05, 3.63) is 35.6 Å². The van der Waals surface area contributed by atoms with Crippen LogP contribution in [-0.2, 0) is 20.9 Å². The Hall–Kier alpha value is -1.99. The Balaban J connectivity index is 1.71. The number of benzene rings is 1. The molecule has 33 heavy (non-hydrogen) atoms. The second-order valence-corrected chi connectivity index (χ2v) is 10.3. The minimum absolute atomic E-state index is 0.00141. The summed E-state index contributed by atoms with van der Waals surface area (Å²) in [6.45, 7) is 9.41. The molecule has 0 saturated carbocycles. The predicted octanol–water partition coefficient (Wildman–Crippen LogP) is 3.64. The summed E-state index contributed by atoms with van der Waals surface area (Å²) in [7, 11) is 0. The maximum Gasteiger partial charge on any atom is 0.242 e. The fraction of sp³-hybridized carbons (Fsp3) is 0.692. The van der Waals surface area contributed by atoms with Gasteiger partial charge in [-0.2, -0.15) is 0 Å². The number of nitrogens with one attached hydrogen (secondary N) is 2. The van der Waals surface area contributed by atoms with Gasteiger partial charge in [0.2, 0.25) is 11.8 Å². The maximum absolute atomic E-state index is 13.6. The van der Waals surface area contributed by atoms with Crippen LogP contribution in [0.2, 0.25) is 0 Å². The summed E-state index contributed by atoms with van der Waals surface area (Å²) in [6.07, 6.45) is 4.69. The SMILES string of the molecule is CC(C)C[C@@H]1NC(=O)C2(CCCCOC[C@@H](C)NC1=O)CCN(Cc1cccc(F)c1)CC2. The summed E-state index contributed by atoms with van der Waals surface area (Å²) < 4.78 is 19.3. The van der Waals surface area contributed by atoms with E-state index in [9.17, 15) is 14.0 Å². The molecule has 2 saturated heterocycles. The third-order valence-corrected chi connectivity index (χ3v) is 6.87. The Morgan fingerprint density at radius 1 is 1.15 bits per heavy atom. The summed E-state index contributed by atoms with van der Waals surface area (Å²) >= 11 is 0. The normalized spacial score (nSPS) is 25.6. The molecule has 2 heterocycles. The van der Waals surface area contributed by atoms with Gasteiger partial charge in [-0.15, -0.1) is 0 Å². The highest BCUT2D eigenvalue weighted by atomic mass is 19.1. The lowest BCUT2D eigenvalue weighted by molar-refractivity contribution is -0.138. The zero-order valence-corrected chi connectivity index (χ0v) is 20.4. The Bertz CT molecular complexity index is 793. The molecule has 2 atom stereocenters. The second-order valence-electron chi connectivity index (χ2n) is 10.3. The van der Waals surface area contributed by atoms with Crippen molar-refractivity contribution < 1.29 is 18.7 Å². The van der Waals surface area contributed by atoms with Crippen LogP contribution >= 0.6 is 0 Å². The number of hydrogen-bond acceptors (Lipinski definition) is 4. The van der Waals surface area contributed by atoms with Gasteiger partial charge in [0.1, 0.15) is 11.9 Å². The first-order chi connectivity index (χ1) is 15.8. The van der Waals surface area contributed by atoms with E-state index in [4.69, 9.17) is 4.74 Å². The van der Waals surface area contributed by atoms with Crippen LogP contribution in [0.4, 0.5) is 4.39 Å². The molecule has 2 aliphatic rings. The molecule has 3 rings (SSSR count). The van der Waals surface area contributed by atoms with E-state index in [-0.39, 0.29) is 29.6 Å². The molecule has 1 aromatic rings. The number of hydrogen-bond donors (Lipinski definition) is 2. The van der Waals surface area contributed by atoms with Gasteiger partial charge in [-0.3, -0.25) is 14.5 Å². The summed E-state index contributed by atoms with van der Waals surface area (Å²) in [5.41, 5.74) is 0.471. The molecule has 0 unspecified atom stereocenters. The number of likely N-dealkylation sites (tertiary alicyclic amines) is 1. The van der Waals surface area contributed by atoms with Crippen LogP contribution in [0, 0.1) is 17.2 Å². The third-order valence-electron chi connectivity index (χ3n) is 6.87. The molecule has 7 heteroatoms. The minimum atomic E-state index is -0.539. The summed E-state index contributed by atoms with van der Waals surface area (Å²) in [4.78, 5) is 28.9. The number of halogens is 1. The quantitative estimate of drug-likeness (QED) is 0.718. The Labute approximate surface area is 197 Å². The molecule has 6 nitrogen and oxygen atoms in total. The van der Waals surface area contributed by atoms with E-state index >= 15 is 0 Å². The van der Waals surface area contributed by atoms with Crippen molar-refractivity contribution in [2.45, 2.75) is 77.9 Å². The zero-order chi connectivity index (χ0) is 23.8. The van der Waals surface area contributed by atoms with Gasteiger partial charge in [0.05, 0.1) is 12.0 Å².